The first-order valence-corrected chi connectivity index (χ1v) is 9.64. The Labute approximate surface area is 133 Å². The molecule has 2 aliphatic rings. The molecule has 2 rings (SSSR count). The van der Waals surface area contributed by atoms with Crippen LogP contribution in [0.5, 0.6) is 0 Å². The van der Waals surface area contributed by atoms with Gasteiger partial charge in [0, 0.05) is 11.3 Å². The predicted molar refractivity (Wildman–Crippen MR) is 88.1 cm³/mol. The fraction of sp³-hybridized carbons (Fsp3) is 0.882. The van der Waals surface area contributed by atoms with Gasteiger partial charge < -0.3 is 5.32 Å². The molecule has 0 saturated heterocycles. The van der Waals surface area contributed by atoms with Gasteiger partial charge in [-0.15, -0.1) is 0 Å². The van der Waals surface area contributed by atoms with Gasteiger partial charge >= 0.3 is 0 Å². The summed E-state index contributed by atoms with van der Waals surface area (Å²) in [5.74, 6) is -0.00843. The molecule has 4 heteroatoms. The Kier molecular flexibility index (Phi) is 5.98. The summed E-state index contributed by atoms with van der Waals surface area (Å²) >= 11 is 1.89. The average Bonchev–Trinajstić information content (AvgIpc) is 2.80. The van der Waals surface area contributed by atoms with Crippen molar-refractivity contribution in [3.05, 3.63) is 0 Å². The summed E-state index contributed by atoms with van der Waals surface area (Å²) in [5.41, 5.74) is -0.759. The molecule has 0 aromatic heterocycles. The van der Waals surface area contributed by atoms with E-state index in [0.29, 0.717) is 0 Å². The molecule has 3 nitrogen and oxygen atoms in total. The van der Waals surface area contributed by atoms with E-state index < -0.39 is 5.41 Å². The quantitative estimate of drug-likeness (QED) is 0.798. The van der Waals surface area contributed by atoms with Gasteiger partial charge in [-0.05, 0) is 31.9 Å². The first-order chi connectivity index (χ1) is 10.2. The van der Waals surface area contributed by atoms with Gasteiger partial charge in [0.1, 0.15) is 5.41 Å². The van der Waals surface area contributed by atoms with E-state index in [1.165, 1.54) is 32.1 Å². The number of nitrogens with zero attached hydrogens (tertiary/aromatic N) is 1. The highest BCUT2D eigenvalue weighted by Gasteiger charge is 2.40. The molecular formula is C17H28N2OS. The molecule has 0 aliphatic heterocycles. The Balaban J connectivity index is 1.97. The van der Waals surface area contributed by atoms with E-state index in [1.807, 2.05) is 11.8 Å². The monoisotopic (exact) mass is 308 g/mol. The number of carbonyl (C=O) groups excluding carboxylic acids is 1. The van der Waals surface area contributed by atoms with Crippen molar-refractivity contribution >= 4 is 17.7 Å². The van der Waals surface area contributed by atoms with Crippen LogP contribution in [0.15, 0.2) is 0 Å². The number of hydrogen-bond acceptors (Lipinski definition) is 3. The molecule has 0 unspecified atom stereocenters. The number of thioether (sulfide) groups is 1. The van der Waals surface area contributed by atoms with Crippen molar-refractivity contribution in [2.45, 2.75) is 75.4 Å². The topological polar surface area (TPSA) is 52.9 Å². The van der Waals surface area contributed by atoms with Crippen molar-refractivity contribution in [3.8, 4) is 6.07 Å². The van der Waals surface area contributed by atoms with Crippen molar-refractivity contribution < 1.29 is 4.79 Å². The fourth-order valence-corrected chi connectivity index (χ4v) is 4.69. The molecular weight excluding hydrogens is 280 g/mol. The first kappa shape index (κ1) is 16.7. The first-order valence-electron chi connectivity index (χ1n) is 8.41. The standard InChI is InChI=1S/C17H28N2OS/c1-21-17(11-7-4-8-12-17)14-19-15(20)16(13-18)9-5-2-3-6-10-16/h2-12,14H2,1H3,(H,19,20). The van der Waals surface area contributed by atoms with Crippen molar-refractivity contribution in [2.75, 3.05) is 12.8 Å². The molecule has 0 aromatic rings. The molecule has 2 fully saturated rings. The summed E-state index contributed by atoms with van der Waals surface area (Å²) in [6.07, 6.45) is 14.2. The van der Waals surface area contributed by atoms with Crippen molar-refractivity contribution in [1.82, 2.24) is 5.32 Å². The Hall–Kier alpha value is -0.690. The van der Waals surface area contributed by atoms with Gasteiger partial charge in [-0.3, -0.25) is 4.79 Å². The third-order valence-electron chi connectivity index (χ3n) is 5.37. The van der Waals surface area contributed by atoms with Crippen LogP contribution < -0.4 is 5.32 Å². The summed E-state index contributed by atoms with van der Waals surface area (Å²) < 4.78 is 0.204. The Morgan fingerprint density at radius 3 is 2.10 bits per heavy atom. The highest BCUT2D eigenvalue weighted by molar-refractivity contribution is 8.00. The predicted octanol–water partition coefficient (Wildman–Crippen LogP) is 4.03. The third-order valence-corrected chi connectivity index (χ3v) is 6.79. The van der Waals surface area contributed by atoms with Crippen LogP contribution in [0.3, 0.4) is 0 Å². The molecule has 2 saturated carbocycles. The number of nitrogens with one attached hydrogen (secondary N) is 1. The van der Waals surface area contributed by atoms with Gasteiger partial charge in [0.25, 0.3) is 0 Å². The second kappa shape index (κ2) is 7.54. The molecule has 2 aliphatic carbocycles. The Morgan fingerprint density at radius 2 is 1.57 bits per heavy atom. The zero-order chi connectivity index (χ0) is 15.2. The number of rotatable bonds is 4. The van der Waals surface area contributed by atoms with Crippen LogP contribution in [0.25, 0.3) is 0 Å². The Morgan fingerprint density at radius 1 is 1.05 bits per heavy atom. The van der Waals surface area contributed by atoms with Crippen LogP contribution in [-0.4, -0.2) is 23.5 Å². The normalized spacial score (nSPS) is 24.6. The minimum Gasteiger partial charge on any atom is -0.353 e. The van der Waals surface area contributed by atoms with Gasteiger partial charge in [0.15, 0.2) is 0 Å². The number of amides is 1. The van der Waals surface area contributed by atoms with Crippen LogP contribution in [0.2, 0.25) is 0 Å². The van der Waals surface area contributed by atoms with Gasteiger partial charge in [-0.25, -0.2) is 0 Å². The number of carbonyl (C=O) groups is 1. The van der Waals surface area contributed by atoms with Crippen LogP contribution in [0.1, 0.15) is 70.6 Å². The SMILES string of the molecule is CSC1(CNC(=O)C2(C#N)CCCCCC2)CCCCC1. The maximum Gasteiger partial charge on any atom is 0.240 e. The second-order valence-corrected chi connectivity index (χ2v) is 8.01. The lowest BCUT2D eigenvalue weighted by atomic mass is 9.80. The molecule has 1 amide bonds. The van der Waals surface area contributed by atoms with Crippen LogP contribution in [0.4, 0.5) is 0 Å². The lowest BCUT2D eigenvalue weighted by molar-refractivity contribution is -0.128. The molecule has 118 valence electrons. The van der Waals surface area contributed by atoms with Crippen molar-refractivity contribution in [1.29, 1.82) is 5.26 Å². The fourth-order valence-electron chi connectivity index (χ4n) is 3.78. The van der Waals surface area contributed by atoms with Gasteiger partial charge in [-0.1, -0.05) is 44.9 Å². The van der Waals surface area contributed by atoms with E-state index in [1.54, 1.807) is 0 Å². The van der Waals surface area contributed by atoms with Gasteiger partial charge in [-0.2, -0.15) is 17.0 Å². The third kappa shape index (κ3) is 3.94. The minimum absolute atomic E-state index is 0.00843. The largest absolute Gasteiger partial charge is 0.353 e. The molecule has 0 spiro atoms. The van der Waals surface area contributed by atoms with E-state index in [9.17, 15) is 10.1 Å². The number of hydrogen-bond donors (Lipinski definition) is 1. The van der Waals surface area contributed by atoms with E-state index >= 15 is 0 Å². The summed E-state index contributed by atoms with van der Waals surface area (Å²) in [6, 6.07) is 2.36. The molecule has 0 aromatic carbocycles. The van der Waals surface area contributed by atoms with Crippen LogP contribution in [-0.2, 0) is 4.79 Å². The average molecular weight is 308 g/mol. The maximum absolute atomic E-state index is 12.7. The maximum atomic E-state index is 12.7. The van der Waals surface area contributed by atoms with E-state index in [4.69, 9.17) is 0 Å². The van der Waals surface area contributed by atoms with E-state index in [2.05, 4.69) is 17.6 Å². The Bertz CT molecular complexity index is 388. The van der Waals surface area contributed by atoms with Crippen LogP contribution in [0, 0.1) is 16.7 Å². The summed E-state index contributed by atoms with van der Waals surface area (Å²) in [5, 5.41) is 12.7. The van der Waals surface area contributed by atoms with Crippen molar-refractivity contribution in [2.24, 2.45) is 5.41 Å². The summed E-state index contributed by atoms with van der Waals surface area (Å²) in [4.78, 5) is 12.7. The lowest BCUT2D eigenvalue weighted by Gasteiger charge is -2.37. The summed E-state index contributed by atoms with van der Waals surface area (Å²) in [7, 11) is 0. The van der Waals surface area contributed by atoms with Gasteiger partial charge in [0.2, 0.25) is 5.91 Å². The molecule has 0 radical (unpaired) electrons. The van der Waals surface area contributed by atoms with E-state index in [-0.39, 0.29) is 10.7 Å². The zero-order valence-corrected chi connectivity index (χ0v) is 14.1. The molecule has 1 N–H and O–H groups in total. The van der Waals surface area contributed by atoms with Gasteiger partial charge in [0.05, 0.1) is 6.07 Å². The molecule has 0 heterocycles. The van der Waals surface area contributed by atoms with Crippen LogP contribution >= 0.6 is 11.8 Å². The second-order valence-electron chi connectivity index (χ2n) is 6.74. The molecule has 0 atom stereocenters. The van der Waals surface area contributed by atoms with E-state index in [0.717, 1.165) is 45.1 Å². The smallest absolute Gasteiger partial charge is 0.240 e. The minimum atomic E-state index is -0.759. The van der Waals surface area contributed by atoms with Crippen molar-refractivity contribution in [3.63, 3.8) is 0 Å². The highest BCUT2D eigenvalue weighted by Crippen LogP contribution is 2.39. The lowest BCUT2D eigenvalue weighted by Crippen LogP contribution is -2.47. The summed E-state index contributed by atoms with van der Waals surface area (Å²) in [6.45, 7) is 0.733. The highest BCUT2D eigenvalue weighted by atomic mass is 32.2. The molecule has 21 heavy (non-hydrogen) atoms. The number of nitriles is 1. The molecule has 0 bridgehead atoms. The zero-order valence-electron chi connectivity index (χ0n) is 13.2.